The SMILES string of the molecule is C=C(C)[C@@]1(C)CCN(c2cc(C)c3nc(C(=O)N4CCn5nc(-c6cccc(C(=O)OC)n6)nc5C4)nn3c2)C1. The minimum atomic E-state index is -0.532. The number of carbonyl (C=O) groups is 2. The Morgan fingerprint density at radius 3 is 2.67 bits per heavy atom. The fourth-order valence-corrected chi connectivity index (χ4v) is 5.26. The van der Waals surface area contributed by atoms with E-state index in [9.17, 15) is 9.59 Å². The van der Waals surface area contributed by atoms with Crippen molar-refractivity contribution in [2.75, 3.05) is 31.6 Å². The van der Waals surface area contributed by atoms with Crippen LogP contribution in [0.4, 0.5) is 5.69 Å². The number of fused-ring (bicyclic) bond motifs is 2. The zero-order valence-electron chi connectivity index (χ0n) is 23.1. The average molecular weight is 542 g/mol. The number of hydrogen-bond donors (Lipinski definition) is 0. The van der Waals surface area contributed by atoms with E-state index in [1.807, 2.05) is 13.1 Å². The number of aromatic nitrogens is 7. The van der Waals surface area contributed by atoms with E-state index in [2.05, 4.69) is 56.5 Å². The topological polar surface area (TPSA) is 124 Å². The number of carbonyl (C=O) groups excluding carboxylic acids is 2. The molecule has 0 radical (unpaired) electrons. The van der Waals surface area contributed by atoms with E-state index in [4.69, 9.17) is 4.74 Å². The minimum absolute atomic E-state index is 0.0846. The van der Waals surface area contributed by atoms with Gasteiger partial charge in [0.1, 0.15) is 17.2 Å². The number of anilines is 1. The van der Waals surface area contributed by atoms with Crippen molar-refractivity contribution >= 4 is 23.2 Å². The van der Waals surface area contributed by atoms with Crippen LogP contribution in [0.15, 0.2) is 42.6 Å². The van der Waals surface area contributed by atoms with Crippen LogP contribution in [-0.2, 0) is 17.8 Å². The molecule has 0 N–H and O–H groups in total. The van der Waals surface area contributed by atoms with Gasteiger partial charge < -0.3 is 14.5 Å². The summed E-state index contributed by atoms with van der Waals surface area (Å²) in [5.41, 5.74) is 4.58. The molecule has 40 heavy (non-hydrogen) atoms. The molecule has 6 rings (SSSR count). The fraction of sp³-hybridized carbons (Fsp3) is 0.393. The summed E-state index contributed by atoms with van der Waals surface area (Å²) < 4.78 is 8.22. The molecular weight excluding hydrogens is 510 g/mol. The Balaban J connectivity index is 1.22. The molecule has 0 aromatic carbocycles. The van der Waals surface area contributed by atoms with E-state index >= 15 is 0 Å². The van der Waals surface area contributed by atoms with Gasteiger partial charge in [0.15, 0.2) is 11.5 Å². The van der Waals surface area contributed by atoms with E-state index in [0.717, 1.165) is 30.8 Å². The summed E-state index contributed by atoms with van der Waals surface area (Å²) in [6, 6.07) is 7.12. The molecule has 2 aliphatic heterocycles. The van der Waals surface area contributed by atoms with Crippen LogP contribution in [-0.4, -0.2) is 77.9 Å². The predicted molar refractivity (Wildman–Crippen MR) is 147 cm³/mol. The highest BCUT2D eigenvalue weighted by Gasteiger charge is 2.35. The van der Waals surface area contributed by atoms with Crippen molar-refractivity contribution in [3.8, 4) is 11.5 Å². The fourth-order valence-electron chi connectivity index (χ4n) is 5.26. The lowest BCUT2D eigenvalue weighted by Gasteiger charge is -2.26. The van der Waals surface area contributed by atoms with Crippen molar-refractivity contribution in [2.24, 2.45) is 5.41 Å². The number of rotatable bonds is 5. The Morgan fingerprint density at radius 1 is 1.10 bits per heavy atom. The van der Waals surface area contributed by atoms with Crippen molar-refractivity contribution in [1.29, 1.82) is 0 Å². The molecular formula is C28H31N9O3. The summed E-state index contributed by atoms with van der Waals surface area (Å²) in [4.78, 5) is 42.9. The van der Waals surface area contributed by atoms with E-state index in [0.29, 0.717) is 36.1 Å². The molecule has 12 nitrogen and oxygen atoms in total. The first-order valence-electron chi connectivity index (χ1n) is 13.2. The molecule has 1 amide bonds. The number of nitrogens with zero attached hydrogens (tertiary/aromatic N) is 9. The second-order valence-electron chi connectivity index (χ2n) is 10.8. The van der Waals surface area contributed by atoms with Gasteiger partial charge in [-0.2, -0.15) is 0 Å². The summed E-state index contributed by atoms with van der Waals surface area (Å²) in [7, 11) is 1.31. The summed E-state index contributed by atoms with van der Waals surface area (Å²) in [6.45, 7) is 13.5. The Labute approximate surface area is 231 Å². The lowest BCUT2D eigenvalue weighted by atomic mass is 9.83. The van der Waals surface area contributed by atoms with Crippen LogP contribution in [0.1, 0.15) is 52.8 Å². The third-order valence-electron chi connectivity index (χ3n) is 7.99. The van der Waals surface area contributed by atoms with Crippen LogP contribution in [0.5, 0.6) is 0 Å². The third-order valence-corrected chi connectivity index (χ3v) is 7.99. The molecule has 2 aliphatic rings. The lowest BCUT2D eigenvalue weighted by molar-refractivity contribution is 0.0593. The number of esters is 1. The van der Waals surface area contributed by atoms with Gasteiger partial charge in [-0.1, -0.05) is 25.1 Å². The molecule has 6 heterocycles. The van der Waals surface area contributed by atoms with Gasteiger partial charge in [-0.05, 0) is 44.0 Å². The summed E-state index contributed by atoms with van der Waals surface area (Å²) in [5, 5.41) is 9.10. The van der Waals surface area contributed by atoms with Gasteiger partial charge in [-0.3, -0.25) is 4.79 Å². The number of methoxy groups -OCH3 is 1. The zero-order valence-corrected chi connectivity index (χ0v) is 23.1. The van der Waals surface area contributed by atoms with Gasteiger partial charge in [0.05, 0.1) is 32.1 Å². The quantitative estimate of drug-likeness (QED) is 0.277. The molecule has 1 saturated heterocycles. The smallest absolute Gasteiger partial charge is 0.356 e. The normalized spacial score (nSPS) is 18.7. The van der Waals surface area contributed by atoms with Crippen molar-refractivity contribution in [2.45, 2.75) is 40.3 Å². The Morgan fingerprint density at radius 2 is 1.93 bits per heavy atom. The molecule has 0 bridgehead atoms. The maximum atomic E-state index is 13.5. The van der Waals surface area contributed by atoms with Gasteiger partial charge in [0.25, 0.3) is 5.91 Å². The van der Waals surface area contributed by atoms with E-state index < -0.39 is 5.97 Å². The molecule has 206 valence electrons. The van der Waals surface area contributed by atoms with Crippen molar-refractivity contribution in [3.63, 3.8) is 0 Å². The Bertz CT molecular complexity index is 1670. The molecule has 0 spiro atoms. The predicted octanol–water partition coefficient (Wildman–Crippen LogP) is 2.93. The maximum Gasteiger partial charge on any atom is 0.356 e. The minimum Gasteiger partial charge on any atom is -0.464 e. The van der Waals surface area contributed by atoms with Gasteiger partial charge in [0, 0.05) is 25.0 Å². The third kappa shape index (κ3) is 4.38. The first-order valence-corrected chi connectivity index (χ1v) is 13.2. The standard InChI is InChI=1S/C28H31N9O3/c1-17(2)28(4)9-10-35(16-28)19-13-18(3)25-31-24(33-37(25)14-19)26(38)34-11-12-36-22(15-34)30-23(32-36)20-7-6-8-21(29-20)27(39)40-5/h6-8,13-14H,1,9-12,15-16H2,2-5H3/t28-/m0/s1. The van der Waals surface area contributed by atoms with Crippen LogP contribution in [0, 0.1) is 12.3 Å². The maximum absolute atomic E-state index is 13.5. The van der Waals surface area contributed by atoms with Crippen LogP contribution in [0.25, 0.3) is 17.2 Å². The lowest BCUT2D eigenvalue weighted by Crippen LogP contribution is -2.39. The Kier molecular flexibility index (Phi) is 6.12. The molecule has 4 aromatic heterocycles. The van der Waals surface area contributed by atoms with Crippen LogP contribution < -0.4 is 4.90 Å². The van der Waals surface area contributed by atoms with Crippen LogP contribution in [0.3, 0.4) is 0 Å². The molecule has 1 atom stereocenters. The number of aryl methyl sites for hydroxylation is 1. The van der Waals surface area contributed by atoms with Crippen molar-refractivity contribution in [1.82, 2.24) is 39.2 Å². The molecule has 1 fully saturated rings. The highest BCUT2D eigenvalue weighted by Crippen LogP contribution is 2.38. The number of pyridine rings is 2. The van der Waals surface area contributed by atoms with Crippen molar-refractivity contribution in [3.05, 3.63) is 65.5 Å². The number of hydrogen-bond acceptors (Lipinski definition) is 9. The molecule has 4 aromatic rings. The molecule has 0 aliphatic carbocycles. The molecule has 0 saturated carbocycles. The summed E-state index contributed by atoms with van der Waals surface area (Å²) >= 11 is 0. The average Bonchev–Trinajstić information content (AvgIpc) is 3.69. The zero-order chi connectivity index (χ0) is 28.2. The van der Waals surface area contributed by atoms with Crippen LogP contribution >= 0.6 is 0 Å². The van der Waals surface area contributed by atoms with E-state index in [1.54, 1.807) is 32.3 Å². The number of ether oxygens (including phenoxy) is 1. The highest BCUT2D eigenvalue weighted by molar-refractivity contribution is 5.91. The van der Waals surface area contributed by atoms with Crippen molar-refractivity contribution < 1.29 is 14.3 Å². The van der Waals surface area contributed by atoms with E-state index in [1.165, 1.54) is 12.7 Å². The largest absolute Gasteiger partial charge is 0.464 e. The first-order chi connectivity index (χ1) is 19.1. The van der Waals surface area contributed by atoms with Gasteiger partial charge in [-0.25, -0.2) is 28.9 Å². The van der Waals surface area contributed by atoms with Gasteiger partial charge in [0.2, 0.25) is 5.82 Å². The van der Waals surface area contributed by atoms with Gasteiger partial charge >= 0.3 is 5.97 Å². The Hall–Kier alpha value is -4.61. The van der Waals surface area contributed by atoms with Crippen LogP contribution in [0.2, 0.25) is 0 Å². The second-order valence-corrected chi connectivity index (χ2v) is 10.8. The number of amides is 1. The highest BCUT2D eigenvalue weighted by atomic mass is 16.5. The molecule has 0 unspecified atom stereocenters. The monoisotopic (exact) mass is 541 g/mol. The first kappa shape index (κ1) is 25.7. The van der Waals surface area contributed by atoms with Gasteiger partial charge in [-0.15, -0.1) is 10.2 Å². The second kappa shape index (κ2) is 9.54. The summed E-state index contributed by atoms with van der Waals surface area (Å²) in [6.07, 6.45) is 3.00. The summed E-state index contributed by atoms with van der Waals surface area (Å²) in [5.74, 6) is 0.359. The van der Waals surface area contributed by atoms with E-state index in [-0.39, 0.29) is 29.4 Å². The molecule has 12 heteroatoms.